The van der Waals surface area contributed by atoms with E-state index < -0.39 is 8.80 Å². The van der Waals surface area contributed by atoms with Crippen LogP contribution in [0, 0.1) is 10.7 Å². The molecule has 23 heavy (non-hydrogen) atoms. The predicted molar refractivity (Wildman–Crippen MR) is 100 cm³/mol. The minimum absolute atomic E-state index is 0.663. The molecule has 0 aliphatic rings. The normalized spacial score (nSPS) is 11.6. The Morgan fingerprint density at radius 3 is 1.61 bits per heavy atom. The number of nitrogens with zero attached hydrogens (tertiary/aromatic N) is 1. The summed E-state index contributed by atoms with van der Waals surface area (Å²) in [6, 6.07) is 0.938. The van der Waals surface area contributed by atoms with Gasteiger partial charge < -0.3 is 13.3 Å². The molecule has 4 nitrogen and oxygen atoms in total. The number of unbranched alkanes of at least 4 members (excludes halogenated alkanes) is 7. The minimum Gasteiger partial charge on any atom is -0.374 e. The van der Waals surface area contributed by atoms with Gasteiger partial charge in [0.15, 0.2) is 0 Å². The van der Waals surface area contributed by atoms with Gasteiger partial charge in [-0.05, 0) is 45.4 Å². The monoisotopic (exact) mass is 361 g/mol. The fraction of sp³-hybridized carbons (Fsp3) is 0.941. The molecular formula is C17H35NO3SSi. The number of hydrogen-bond acceptors (Lipinski definition) is 5. The summed E-state index contributed by atoms with van der Waals surface area (Å²) >= 11 is 1.37. The van der Waals surface area contributed by atoms with Gasteiger partial charge in [-0.3, -0.25) is 0 Å². The second-order valence-electron chi connectivity index (χ2n) is 5.50. The molecule has 0 spiro atoms. The third-order valence-electron chi connectivity index (χ3n) is 3.64. The van der Waals surface area contributed by atoms with E-state index in [2.05, 4.69) is 5.40 Å². The summed E-state index contributed by atoms with van der Waals surface area (Å²) in [5.41, 5.74) is 0. The molecule has 0 aromatic carbocycles. The highest BCUT2D eigenvalue weighted by atomic mass is 32.2. The highest BCUT2D eigenvalue weighted by molar-refractivity contribution is 8.03. The van der Waals surface area contributed by atoms with E-state index in [4.69, 9.17) is 18.5 Å². The lowest BCUT2D eigenvalue weighted by atomic mass is 10.1. The maximum atomic E-state index is 8.44. The summed E-state index contributed by atoms with van der Waals surface area (Å²) in [5, 5.41) is 10.6. The first kappa shape index (κ1) is 22.9. The molecule has 0 heterocycles. The molecule has 0 N–H and O–H groups in total. The number of nitriles is 1. The molecule has 0 aromatic rings. The Hall–Kier alpha value is -0.0631. The second kappa shape index (κ2) is 16.8. The van der Waals surface area contributed by atoms with Gasteiger partial charge in [0.1, 0.15) is 5.40 Å². The van der Waals surface area contributed by atoms with Crippen LogP contribution in [0.4, 0.5) is 0 Å². The van der Waals surface area contributed by atoms with Gasteiger partial charge in [0, 0.05) is 31.6 Å². The zero-order chi connectivity index (χ0) is 17.2. The molecule has 0 rings (SSSR count). The summed E-state index contributed by atoms with van der Waals surface area (Å²) < 4.78 is 17.6. The molecular weight excluding hydrogens is 326 g/mol. The van der Waals surface area contributed by atoms with E-state index in [0.29, 0.717) is 19.8 Å². The smallest absolute Gasteiger partial charge is 0.374 e. The summed E-state index contributed by atoms with van der Waals surface area (Å²) in [5.74, 6) is 0.982. The fourth-order valence-corrected chi connectivity index (χ4v) is 5.75. The Labute approximate surface area is 148 Å². The number of thiocyanates is 1. The Balaban J connectivity index is 3.67. The number of hydrogen-bond donors (Lipinski definition) is 0. The van der Waals surface area contributed by atoms with Crippen LogP contribution in [0.3, 0.4) is 0 Å². The van der Waals surface area contributed by atoms with Crippen LogP contribution < -0.4 is 0 Å². The molecule has 0 radical (unpaired) electrons. The second-order valence-corrected chi connectivity index (χ2v) is 9.11. The van der Waals surface area contributed by atoms with E-state index in [1.165, 1.54) is 56.7 Å². The lowest BCUT2D eigenvalue weighted by Crippen LogP contribution is -2.45. The molecule has 0 aromatic heterocycles. The topological polar surface area (TPSA) is 51.5 Å². The lowest BCUT2D eigenvalue weighted by molar-refractivity contribution is 0.0706. The van der Waals surface area contributed by atoms with Crippen molar-refractivity contribution in [2.75, 3.05) is 25.6 Å². The molecule has 0 bridgehead atoms. The van der Waals surface area contributed by atoms with Gasteiger partial charge >= 0.3 is 8.80 Å². The van der Waals surface area contributed by atoms with E-state index in [-0.39, 0.29) is 0 Å². The lowest BCUT2D eigenvalue weighted by Gasteiger charge is -2.28. The van der Waals surface area contributed by atoms with Crippen molar-refractivity contribution in [2.45, 2.75) is 78.2 Å². The summed E-state index contributed by atoms with van der Waals surface area (Å²) in [4.78, 5) is 0. The first-order valence-corrected chi connectivity index (χ1v) is 12.1. The summed E-state index contributed by atoms with van der Waals surface area (Å²) in [7, 11) is -2.42. The van der Waals surface area contributed by atoms with Crippen molar-refractivity contribution in [2.24, 2.45) is 0 Å². The first-order valence-electron chi connectivity index (χ1n) is 9.17. The van der Waals surface area contributed by atoms with Crippen molar-refractivity contribution in [3.8, 4) is 5.40 Å². The van der Waals surface area contributed by atoms with Gasteiger partial charge in [-0.1, -0.05) is 38.5 Å². The maximum Gasteiger partial charge on any atom is 0.500 e. The first-order chi connectivity index (χ1) is 11.2. The Morgan fingerprint density at radius 2 is 1.17 bits per heavy atom. The number of rotatable bonds is 17. The molecule has 6 heteroatoms. The van der Waals surface area contributed by atoms with Crippen LogP contribution in [0.25, 0.3) is 0 Å². The Bertz CT molecular complexity index is 283. The zero-order valence-corrected chi connectivity index (χ0v) is 17.1. The third-order valence-corrected chi connectivity index (χ3v) is 7.41. The highest BCUT2D eigenvalue weighted by Gasteiger charge is 2.39. The van der Waals surface area contributed by atoms with Gasteiger partial charge in [0.05, 0.1) is 0 Å². The maximum absolute atomic E-state index is 8.44. The predicted octanol–water partition coefficient (Wildman–Crippen LogP) is 5.37. The molecule has 0 fully saturated rings. The van der Waals surface area contributed by atoms with Crippen LogP contribution >= 0.6 is 11.8 Å². The molecule has 0 saturated heterocycles. The van der Waals surface area contributed by atoms with E-state index in [1.807, 2.05) is 20.8 Å². The summed E-state index contributed by atoms with van der Waals surface area (Å²) in [6.07, 6.45) is 9.97. The average molecular weight is 362 g/mol. The Kier molecular flexibility index (Phi) is 16.7. The van der Waals surface area contributed by atoms with Crippen LogP contribution in [-0.4, -0.2) is 34.4 Å². The number of thioether (sulfide) groups is 1. The fourth-order valence-electron chi connectivity index (χ4n) is 2.62. The van der Waals surface area contributed by atoms with E-state index >= 15 is 0 Å². The average Bonchev–Trinajstić information content (AvgIpc) is 2.53. The van der Waals surface area contributed by atoms with Crippen molar-refractivity contribution in [1.82, 2.24) is 0 Å². The van der Waals surface area contributed by atoms with Crippen LogP contribution in [0.1, 0.15) is 72.1 Å². The third kappa shape index (κ3) is 13.0. The van der Waals surface area contributed by atoms with E-state index in [1.54, 1.807) is 0 Å². The van der Waals surface area contributed by atoms with Gasteiger partial charge in [-0.15, -0.1) is 0 Å². The van der Waals surface area contributed by atoms with Gasteiger partial charge in [-0.25, -0.2) is 0 Å². The standard InChI is InChI=1S/C17H35NO3SSi/c1-4-19-23(20-5-2,21-6-3)16-14-12-10-8-7-9-11-13-15-22-17-18/h4-16H2,1-3H3. The van der Waals surface area contributed by atoms with Crippen molar-refractivity contribution >= 4 is 20.6 Å². The Morgan fingerprint density at radius 1 is 0.739 bits per heavy atom. The summed E-state index contributed by atoms with van der Waals surface area (Å²) in [6.45, 7) is 8.02. The largest absolute Gasteiger partial charge is 0.500 e. The molecule has 0 saturated carbocycles. The van der Waals surface area contributed by atoms with Crippen LogP contribution in [0.15, 0.2) is 0 Å². The van der Waals surface area contributed by atoms with Gasteiger partial charge in [0.2, 0.25) is 0 Å². The quantitative estimate of drug-likeness (QED) is 0.198. The van der Waals surface area contributed by atoms with Crippen LogP contribution in [-0.2, 0) is 13.3 Å². The zero-order valence-electron chi connectivity index (χ0n) is 15.3. The molecule has 0 amide bonds. The highest BCUT2D eigenvalue weighted by Crippen LogP contribution is 2.21. The molecule has 0 aliphatic carbocycles. The van der Waals surface area contributed by atoms with Gasteiger partial charge in [0.25, 0.3) is 0 Å². The van der Waals surface area contributed by atoms with Crippen molar-refractivity contribution in [3.63, 3.8) is 0 Å². The van der Waals surface area contributed by atoms with Gasteiger partial charge in [-0.2, -0.15) is 5.26 Å². The SMILES string of the molecule is CCO[Si](CCCCCCCCCCSC#N)(OCC)OCC. The molecule has 0 unspecified atom stereocenters. The minimum atomic E-state index is -2.42. The molecule has 136 valence electrons. The van der Waals surface area contributed by atoms with E-state index in [0.717, 1.165) is 18.2 Å². The van der Waals surface area contributed by atoms with E-state index in [9.17, 15) is 0 Å². The van der Waals surface area contributed by atoms with Crippen LogP contribution in [0.2, 0.25) is 6.04 Å². The van der Waals surface area contributed by atoms with Crippen molar-refractivity contribution in [1.29, 1.82) is 5.26 Å². The van der Waals surface area contributed by atoms with Crippen LogP contribution in [0.5, 0.6) is 0 Å². The molecule has 0 atom stereocenters. The molecule has 0 aliphatic heterocycles. The van der Waals surface area contributed by atoms with Crippen molar-refractivity contribution in [3.05, 3.63) is 0 Å². The van der Waals surface area contributed by atoms with Crippen molar-refractivity contribution < 1.29 is 13.3 Å².